The Labute approximate surface area is 429 Å². The predicted molar refractivity (Wildman–Crippen MR) is 273 cm³/mol. The summed E-state index contributed by atoms with van der Waals surface area (Å²) in [6, 6.07) is 18.2. The number of phenolic OH excluding ortho intramolecular Hbond substituents is 1. The van der Waals surface area contributed by atoms with Gasteiger partial charge < -0.3 is 68.1 Å². The fourth-order valence-corrected chi connectivity index (χ4v) is 8.74. The van der Waals surface area contributed by atoms with E-state index in [0.29, 0.717) is 11.1 Å². The molecule has 6 rings (SSSR count). The third kappa shape index (κ3) is 16.6. The molecule has 0 unspecified atom stereocenters. The van der Waals surface area contributed by atoms with E-state index in [1.165, 1.54) is 48.5 Å². The van der Waals surface area contributed by atoms with E-state index in [9.17, 15) is 58.3 Å². The summed E-state index contributed by atoms with van der Waals surface area (Å²) < 4.78 is 16.8. The molecule has 1 aliphatic rings. The molecule has 0 saturated carbocycles. The van der Waals surface area contributed by atoms with Crippen molar-refractivity contribution in [3.05, 3.63) is 136 Å². The van der Waals surface area contributed by atoms with Crippen molar-refractivity contribution in [2.75, 3.05) is 25.0 Å². The van der Waals surface area contributed by atoms with Gasteiger partial charge in [0, 0.05) is 60.9 Å². The number of amides is 6. The van der Waals surface area contributed by atoms with Crippen LogP contribution in [-0.2, 0) is 57.1 Å². The van der Waals surface area contributed by atoms with Crippen LogP contribution in [0.1, 0.15) is 42.4 Å². The van der Waals surface area contributed by atoms with Gasteiger partial charge in [-0.25, -0.2) is 4.57 Å². The van der Waals surface area contributed by atoms with Gasteiger partial charge in [0.2, 0.25) is 35.4 Å². The van der Waals surface area contributed by atoms with Gasteiger partial charge in [0.05, 0.1) is 17.6 Å². The number of nitro benzene ring substituents is 1. The number of fused-ring (bicyclic) bond motifs is 1. The zero-order valence-corrected chi connectivity index (χ0v) is 41.2. The molecular weight excluding hydrogens is 996 g/mol. The minimum Gasteiger partial charge on any atom is -0.508 e. The molecule has 2 heterocycles. The standard InChI is InChI=1S/C49H59N12O13P/c50-36(26-31-27-54-37-11-5-4-10-35(31)37)43(63)57-39(24-29-8-2-1-3-9-29)45(65)58-40(25-30-14-20-34(62)21-15-30)46(66)59-41(28-74-75(71,72)73)48(68)60-23-7-13-42(60)47(67)56-38(12-6-22-53-49(51)52)44(64)55-32-16-18-33(19-17-32)61(69)70/h1-5,8-11,14-21,27,36,38-42,54,62H,6-7,12-13,22-26,28,50H2,(H,55,64)(H,56,67)(H,57,63)(H,58,65)(H,59,66)(H4,51,52,53)(H2,71,72,73)/t36-,38-,39-,40-,41-,42-/m0/s1. The van der Waals surface area contributed by atoms with Crippen LogP contribution in [0.25, 0.3) is 10.9 Å². The first-order valence-electron chi connectivity index (χ1n) is 23.7. The average Bonchev–Trinajstić information content (AvgIpc) is 4.04. The van der Waals surface area contributed by atoms with Gasteiger partial charge >= 0.3 is 7.82 Å². The van der Waals surface area contributed by atoms with E-state index >= 15 is 0 Å². The highest BCUT2D eigenvalue weighted by Gasteiger charge is 2.41. The summed E-state index contributed by atoms with van der Waals surface area (Å²) in [7, 11) is -5.31. The number of anilines is 1. The number of hydrogen-bond acceptors (Lipinski definition) is 13. The monoisotopic (exact) mass is 1050 g/mol. The van der Waals surface area contributed by atoms with Gasteiger partial charge in [-0.05, 0) is 79.1 Å². The van der Waals surface area contributed by atoms with E-state index in [-0.39, 0.29) is 81.1 Å². The molecule has 4 aromatic carbocycles. The Morgan fingerprint density at radius 3 is 2.05 bits per heavy atom. The van der Waals surface area contributed by atoms with Crippen LogP contribution in [0, 0.1) is 15.5 Å². The lowest BCUT2D eigenvalue weighted by Crippen LogP contribution is -2.60. The second kappa shape index (κ2) is 26.1. The molecule has 398 valence electrons. The third-order valence-electron chi connectivity index (χ3n) is 12.2. The molecule has 1 aromatic heterocycles. The molecule has 25 nitrogen and oxygen atoms in total. The van der Waals surface area contributed by atoms with Crippen LogP contribution in [0.3, 0.4) is 0 Å². The first kappa shape index (κ1) is 56.1. The van der Waals surface area contributed by atoms with Crippen molar-refractivity contribution in [1.29, 1.82) is 5.41 Å². The number of nitrogens with two attached hydrogens (primary N) is 2. The molecule has 0 bridgehead atoms. The summed E-state index contributed by atoms with van der Waals surface area (Å²) in [5, 5.41) is 45.2. The molecule has 15 N–H and O–H groups in total. The number of aromatic hydroxyl groups is 1. The van der Waals surface area contributed by atoms with Crippen molar-refractivity contribution in [1.82, 2.24) is 36.5 Å². The molecule has 6 atom stereocenters. The molecule has 1 fully saturated rings. The molecular formula is C49H59N12O13P. The van der Waals surface area contributed by atoms with Gasteiger partial charge in [0.25, 0.3) is 5.69 Å². The van der Waals surface area contributed by atoms with Crippen LogP contribution in [0.5, 0.6) is 5.75 Å². The van der Waals surface area contributed by atoms with E-state index in [2.05, 4.69) is 36.9 Å². The van der Waals surface area contributed by atoms with Gasteiger partial charge in [-0.15, -0.1) is 0 Å². The van der Waals surface area contributed by atoms with Crippen molar-refractivity contribution in [2.45, 2.75) is 81.2 Å². The maximum Gasteiger partial charge on any atom is 0.469 e. The normalized spacial score (nSPS) is 15.3. The Kier molecular flexibility index (Phi) is 19.5. The number of likely N-dealkylation sites (tertiary alicyclic amines) is 1. The van der Waals surface area contributed by atoms with Crippen molar-refractivity contribution in [3.63, 3.8) is 0 Å². The number of H-pyrrole nitrogens is 1. The maximum absolute atomic E-state index is 14.5. The summed E-state index contributed by atoms with van der Waals surface area (Å²) in [6.07, 6.45) is 2.01. The lowest BCUT2D eigenvalue weighted by Gasteiger charge is -2.31. The molecule has 5 aromatic rings. The van der Waals surface area contributed by atoms with Crippen LogP contribution >= 0.6 is 7.82 Å². The first-order valence-corrected chi connectivity index (χ1v) is 25.2. The van der Waals surface area contributed by atoms with Crippen LogP contribution in [0.15, 0.2) is 109 Å². The highest BCUT2D eigenvalue weighted by Crippen LogP contribution is 2.36. The van der Waals surface area contributed by atoms with Crippen molar-refractivity contribution in [3.8, 4) is 5.75 Å². The highest BCUT2D eigenvalue weighted by atomic mass is 31.2. The zero-order valence-electron chi connectivity index (χ0n) is 40.3. The number of hydrogen-bond donors (Lipinski definition) is 13. The number of guanidine groups is 1. The Hall–Kier alpha value is -8.22. The van der Waals surface area contributed by atoms with Crippen LogP contribution in [-0.4, -0.2) is 127 Å². The Bertz CT molecular complexity index is 2880. The number of aromatic amines is 1. The summed E-state index contributed by atoms with van der Waals surface area (Å²) in [6.45, 7) is -1.05. The van der Waals surface area contributed by atoms with Crippen LogP contribution < -0.4 is 43.4 Å². The number of carbonyl (C=O) groups excluding carboxylic acids is 6. The largest absolute Gasteiger partial charge is 0.508 e. The highest BCUT2D eigenvalue weighted by molar-refractivity contribution is 7.46. The second-order valence-corrected chi connectivity index (χ2v) is 19.0. The summed E-state index contributed by atoms with van der Waals surface area (Å²) in [4.78, 5) is 119. The molecule has 6 amide bonds. The molecule has 0 aliphatic carbocycles. The number of phosphoric acid groups is 1. The zero-order chi connectivity index (χ0) is 54.2. The van der Waals surface area contributed by atoms with Crippen molar-refractivity contribution >= 4 is 71.5 Å². The number of rotatable bonds is 25. The lowest BCUT2D eigenvalue weighted by molar-refractivity contribution is -0.384. The van der Waals surface area contributed by atoms with E-state index in [1.807, 2.05) is 24.3 Å². The third-order valence-corrected chi connectivity index (χ3v) is 12.7. The predicted octanol–water partition coefficient (Wildman–Crippen LogP) is 1.08. The van der Waals surface area contributed by atoms with Crippen molar-refractivity contribution in [2.24, 2.45) is 11.5 Å². The number of carbonyl (C=O) groups is 6. The molecule has 0 spiro atoms. The summed E-state index contributed by atoms with van der Waals surface area (Å²) in [5.74, 6) is -5.56. The summed E-state index contributed by atoms with van der Waals surface area (Å²) >= 11 is 0. The average molecular weight is 1060 g/mol. The van der Waals surface area contributed by atoms with Crippen LogP contribution in [0.4, 0.5) is 11.4 Å². The number of aromatic nitrogens is 1. The smallest absolute Gasteiger partial charge is 0.469 e. The van der Waals surface area contributed by atoms with Crippen LogP contribution in [0.2, 0.25) is 0 Å². The number of nitro groups is 1. The van der Waals surface area contributed by atoms with E-state index in [0.717, 1.165) is 21.4 Å². The van der Waals surface area contributed by atoms with E-state index in [1.54, 1.807) is 36.5 Å². The quantitative estimate of drug-likeness (QED) is 0.00971. The number of phosphoric ester groups is 1. The number of phenols is 1. The van der Waals surface area contributed by atoms with Gasteiger partial charge in [0.1, 0.15) is 36.0 Å². The van der Waals surface area contributed by atoms with Crippen molar-refractivity contribution < 1.29 is 57.7 Å². The minimum atomic E-state index is -5.31. The van der Waals surface area contributed by atoms with E-state index < -0.39 is 91.0 Å². The maximum atomic E-state index is 14.5. The fraction of sp³-hybridized carbons (Fsp3) is 0.327. The van der Waals surface area contributed by atoms with E-state index in [4.69, 9.17) is 21.4 Å². The van der Waals surface area contributed by atoms with Gasteiger partial charge in [-0.3, -0.25) is 48.8 Å². The second-order valence-electron chi connectivity index (χ2n) is 17.7. The number of benzene rings is 4. The molecule has 26 heteroatoms. The first-order chi connectivity index (χ1) is 35.7. The fourth-order valence-electron chi connectivity index (χ4n) is 8.40. The molecule has 1 saturated heterocycles. The number of non-ortho nitro benzene ring substituents is 1. The number of nitrogens with zero attached hydrogens (tertiary/aromatic N) is 2. The Balaban J connectivity index is 1.22. The Morgan fingerprint density at radius 2 is 1.41 bits per heavy atom. The molecule has 1 aliphatic heterocycles. The SMILES string of the molecule is N=C(N)NCCC[C@H](NC(=O)[C@@H]1CCCN1C(=O)[C@H](COP(=O)(O)O)NC(=O)[C@H](Cc1ccc(O)cc1)NC(=O)[C@H](Cc1ccccc1)NC(=O)[C@@H](N)Cc1c[nH]c2ccccc12)C(=O)Nc1ccc([N+](=O)[O-])cc1. The Morgan fingerprint density at radius 1 is 0.800 bits per heavy atom. The van der Waals surface area contributed by atoms with Gasteiger partial charge in [0.15, 0.2) is 5.96 Å². The minimum absolute atomic E-state index is 0.0118. The van der Waals surface area contributed by atoms with Gasteiger partial charge in [-0.1, -0.05) is 60.7 Å². The number of para-hydroxylation sites is 1. The molecule has 75 heavy (non-hydrogen) atoms. The van der Waals surface area contributed by atoms with Gasteiger partial charge in [-0.2, -0.15) is 0 Å². The topological polar surface area (TPSA) is 400 Å². The summed E-state index contributed by atoms with van der Waals surface area (Å²) in [5.41, 5.74) is 14.4. The molecule has 0 radical (unpaired) electrons. The number of nitrogens with one attached hydrogen (secondary N) is 8. The lowest BCUT2D eigenvalue weighted by atomic mass is 10.0.